The number of anilines is 1. The maximum absolute atomic E-state index is 12.6. The molecule has 3 aromatic rings. The van der Waals surface area contributed by atoms with Crippen LogP contribution in [0.4, 0.5) is 5.69 Å². The van der Waals surface area contributed by atoms with E-state index in [2.05, 4.69) is 10.6 Å². The minimum atomic E-state index is -0.461. The van der Waals surface area contributed by atoms with Gasteiger partial charge in [-0.25, -0.2) is 0 Å². The van der Waals surface area contributed by atoms with Crippen molar-refractivity contribution in [2.24, 2.45) is 0 Å². The van der Waals surface area contributed by atoms with E-state index < -0.39 is 5.97 Å². The Labute approximate surface area is 262 Å². The maximum Gasteiger partial charge on any atom is 0.319 e. The van der Waals surface area contributed by atoms with E-state index in [9.17, 15) is 19.2 Å². The zero-order valence-corrected chi connectivity index (χ0v) is 25.4. The molecular formula is C34H36ClN3O6. The van der Waals surface area contributed by atoms with Crippen molar-refractivity contribution < 1.29 is 28.7 Å². The second-order valence-corrected chi connectivity index (χ2v) is 10.7. The van der Waals surface area contributed by atoms with Crippen molar-refractivity contribution in [3.05, 3.63) is 112 Å². The second kappa shape index (κ2) is 16.4. The Balaban J connectivity index is 1.30. The minimum Gasteiger partial charge on any atom is -0.469 e. The van der Waals surface area contributed by atoms with Crippen LogP contribution in [-0.2, 0) is 38.6 Å². The number of benzene rings is 3. The molecule has 0 unspecified atom stereocenters. The quantitative estimate of drug-likeness (QED) is 0.140. The first-order valence-electron chi connectivity index (χ1n) is 14.4. The van der Waals surface area contributed by atoms with Crippen molar-refractivity contribution in [1.82, 2.24) is 10.2 Å². The second-order valence-electron chi connectivity index (χ2n) is 10.3. The van der Waals surface area contributed by atoms with Gasteiger partial charge in [-0.2, -0.15) is 0 Å². The van der Waals surface area contributed by atoms with Crippen LogP contribution in [0.1, 0.15) is 50.2 Å². The van der Waals surface area contributed by atoms with E-state index in [1.165, 1.54) is 7.11 Å². The van der Waals surface area contributed by atoms with Gasteiger partial charge in [0.15, 0.2) is 5.78 Å². The van der Waals surface area contributed by atoms with Crippen LogP contribution in [0, 0.1) is 0 Å². The van der Waals surface area contributed by atoms with E-state index in [-0.39, 0.29) is 43.7 Å². The molecule has 2 N–H and O–H groups in total. The van der Waals surface area contributed by atoms with Crippen LogP contribution in [0.2, 0.25) is 5.02 Å². The predicted molar refractivity (Wildman–Crippen MR) is 169 cm³/mol. The van der Waals surface area contributed by atoms with Gasteiger partial charge in [0.2, 0.25) is 0 Å². The molecule has 0 atom stereocenters. The van der Waals surface area contributed by atoms with E-state index in [1.807, 2.05) is 54.6 Å². The molecule has 3 aromatic carbocycles. The molecule has 9 nitrogen and oxygen atoms in total. The van der Waals surface area contributed by atoms with E-state index in [0.717, 1.165) is 22.4 Å². The zero-order valence-electron chi connectivity index (χ0n) is 24.6. The number of ketones is 1. The van der Waals surface area contributed by atoms with Crippen LogP contribution >= 0.6 is 11.6 Å². The van der Waals surface area contributed by atoms with E-state index in [0.29, 0.717) is 48.7 Å². The summed E-state index contributed by atoms with van der Waals surface area (Å²) >= 11 is 5.86. The van der Waals surface area contributed by atoms with Crippen LogP contribution in [0.3, 0.4) is 0 Å². The van der Waals surface area contributed by atoms with Crippen LogP contribution in [0.15, 0.2) is 78.9 Å². The monoisotopic (exact) mass is 617 g/mol. The number of carbonyl (C=O) groups is 4. The Morgan fingerprint density at radius 3 is 2.20 bits per heavy atom. The fourth-order valence-corrected chi connectivity index (χ4v) is 4.75. The minimum absolute atomic E-state index is 0.00728. The van der Waals surface area contributed by atoms with Gasteiger partial charge in [0.05, 0.1) is 20.3 Å². The molecule has 0 radical (unpaired) electrons. The highest BCUT2D eigenvalue weighted by Crippen LogP contribution is 2.21. The number of esters is 2. The molecule has 0 fully saturated rings. The number of rotatable bonds is 15. The number of Topliss-reactive ketones (excluding diaryl/α,β-unsaturated/α-hetero) is 1. The molecule has 0 bridgehead atoms. The number of carbonyl (C=O) groups excluding carboxylic acids is 4. The van der Waals surface area contributed by atoms with Gasteiger partial charge in [0, 0.05) is 60.9 Å². The van der Waals surface area contributed by atoms with Gasteiger partial charge in [0.25, 0.3) is 5.91 Å². The lowest BCUT2D eigenvalue weighted by Gasteiger charge is -2.16. The molecule has 0 spiro atoms. The van der Waals surface area contributed by atoms with Crippen LogP contribution in [0.25, 0.3) is 0 Å². The number of amides is 1. The number of halogens is 1. The Kier molecular flexibility index (Phi) is 12.1. The fraction of sp³-hybridized carbons (Fsp3) is 0.294. The SMILES string of the molecule is COC(=O)CCc1ccc(CNCC(=O)OCCC(=O)c2ccc(Cl)cc2)c(NCc2ccc(C(=O)N3CC=CC3)cc2)c1. The molecule has 44 heavy (non-hydrogen) atoms. The largest absolute Gasteiger partial charge is 0.469 e. The van der Waals surface area contributed by atoms with Crippen molar-refractivity contribution in [3.8, 4) is 0 Å². The molecule has 1 amide bonds. The first-order chi connectivity index (χ1) is 21.3. The number of nitrogens with zero attached hydrogens (tertiary/aromatic N) is 1. The number of hydrogen-bond acceptors (Lipinski definition) is 8. The van der Waals surface area contributed by atoms with Crippen molar-refractivity contribution in [3.63, 3.8) is 0 Å². The van der Waals surface area contributed by atoms with Crippen molar-refractivity contribution in [2.45, 2.75) is 32.4 Å². The van der Waals surface area contributed by atoms with Crippen molar-refractivity contribution >= 4 is 40.9 Å². The lowest BCUT2D eigenvalue weighted by atomic mass is 10.0. The van der Waals surface area contributed by atoms with Crippen LogP contribution in [-0.4, -0.2) is 61.9 Å². The topological polar surface area (TPSA) is 114 Å². The maximum atomic E-state index is 12.6. The van der Waals surface area contributed by atoms with Gasteiger partial charge in [-0.05, 0) is 65.6 Å². The third-order valence-corrected chi connectivity index (χ3v) is 7.40. The first-order valence-corrected chi connectivity index (χ1v) is 14.8. The standard InChI is InChI=1S/C34H36ClN3O6/c1-43-32(40)15-7-24-4-10-28(22-36-23-33(41)44-19-16-31(39)26-11-13-29(35)14-12-26)30(20-24)37-21-25-5-8-27(9-6-25)34(42)38-17-2-3-18-38/h2-6,8-14,20,36-37H,7,15-19,21-23H2,1H3. The highest BCUT2D eigenvalue weighted by molar-refractivity contribution is 6.30. The van der Waals surface area contributed by atoms with Gasteiger partial charge in [0.1, 0.15) is 0 Å². The summed E-state index contributed by atoms with van der Waals surface area (Å²) in [7, 11) is 1.37. The van der Waals surface area contributed by atoms with Crippen LogP contribution < -0.4 is 10.6 Å². The Bertz CT molecular complexity index is 1480. The molecule has 0 saturated heterocycles. The normalized spacial score (nSPS) is 12.2. The number of methoxy groups -OCH3 is 1. The van der Waals surface area contributed by atoms with E-state index in [4.69, 9.17) is 21.1 Å². The molecule has 1 heterocycles. The lowest BCUT2D eigenvalue weighted by molar-refractivity contribution is -0.142. The summed E-state index contributed by atoms with van der Waals surface area (Å²) in [6.45, 7) is 2.12. The molecule has 0 aromatic heterocycles. The summed E-state index contributed by atoms with van der Waals surface area (Å²) in [5.41, 5.74) is 4.90. The Morgan fingerprint density at radius 1 is 0.818 bits per heavy atom. The third-order valence-electron chi connectivity index (χ3n) is 7.15. The highest BCUT2D eigenvalue weighted by Gasteiger charge is 2.16. The van der Waals surface area contributed by atoms with Crippen LogP contribution in [0.5, 0.6) is 0 Å². The summed E-state index contributed by atoms with van der Waals surface area (Å²) in [6.07, 6.45) is 4.84. The molecule has 230 valence electrons. The van der Waals surface area contributed by atoms with Crippen molar-refractivity contribution in [2.75, 3.05) is 38.7 Å². The molecule has 1 aliphatic heterocycles. The smallest absolute Gasteiger partial charge is 0.319 e. The predicted octanol–water partition coefficient (Wildman–Crippen LogP) is 4.98. The highest BCUT2D eigenvalue weighted by atomic mass is 35.5. The molecular weight excluding hydrogens is 582 g/mol. The lowest BCUT2D eigenvalue weighted by Crippen LogP contribution is -2.28. The van der Waals surface area contributed by atoms with E-state index >= 15 is 0 Å². The molecule has 1 aliphatic rings. The molecule has 4 rings (SSSR count). The zero-order chi connectivity index (χ0) is 31.3. The van der Waals surface area contributed by atoms with Crippen molar-refractivity contribution in [1.29, 1.82) is 0 Å². The number of aryl methyl sites for hydroxylation is 1. The Hall–Kier alpha value is -4.47. The summed E-state index contributed by atoms with van der Waals surface area (Å²) in [5, 5.41) is 7.11. The summed E-state index contributed by atoms with van der Waals surface area (Å²) in [6, 6.07) is 20.0. The average molecular weight is 618 g/mol. The third kappa shape index (κ3) is 9.79. The first kappa shape index (κ1) is 32.4. The Morgan fingerprint density at radius 2 is 1.50 bits per heavy atom. The van der Waals surface area contributed by atoms with Gasteiger partial charge >= 0.3 is 11.9 Å². The number of hydrogen-bond donors (Lipinski definition) is 2. The van der Waals surface area contributed by atoms with Gasteiger partial charge < -0.3 is 25.0 Å². The number of ether oxygens (including phenoxy) is 2. The van der Waals surface area contributed by atoms with Gasteiger partial charge in [-0.15, -0.1) is 0 Å². The molecule has 10 heteroatoms. The number of nitrogens with one attached hydrogen (secondary N) is 2. The van der Waals surface area contributed by atoms with Gasteiger partial charge in [-0.1, -0.05) is 48.0 Å². The summed E-state index contributed by atoms with van der Waals surface area (Å²) in [4.78, 5) is 50.6. The van der Waals surface area contributed by atoms with Gasteiger partial charge in [-0.3, -0.25) is 19.2 Å². The molecule has 0 saturated carbocycles. The van der Waals surface area contributed by atoms with E-state index in [1.54, 1.807) is 29.2 Å². The molecule has 0 aliphatic carbocycles. The summed E-state index contributed by atoms with van der Waals surface area (Å²) in [5.74, 6) is -0.862. The summed E-state index contributed by atoms with van der Waals surface area (Å²) < 4.78 is 10.0. The average Bonchev–Trinajstić information content (AvgIpc) is 3.59. The fourth-order valence-electron chi connectivity index (χ4n) is 4.62.